The van der Waals surface area contributed by atoms with Gasteiger partial charge in [0.15, 0.2) is 0 Å². The van der Waals surface area contributed by atoms with Crippen LogP contribution in [0.15, 0.2) is 36.7 Å². The third-order valence-corrected chi connectivity index (χ3v) is 2.63. The van der Waals surface area contributed by atoms with Crippen LogP contribution < -0.4 is 10.5 Å². The first-order valence-electron chi connectivity index (χ1n) is 5.32. The van der Waals surface area contributed by atoms with Crippen molar-refractivity contribution in [1.82, 2.24) is 4.98 Å². The van der Waals surface area contributed by atoms with Gasteiger partial charge in [-0.3, -0.25) is 4.98 Å². The summed E-state index contributed by atoms with van der Waals surface area (Å²) in [6.45, 7) is 0. The van der Waals surface area contributed by atoms with E-state index < -0.39 is 17.7 Å². The molecule has 0 radical (unpaired) electrons. The predicted molar refractivity (Wildman–Crippen MR) is 63.2 cm³/mol. The normalized spacial score (nSPS) is 12.2. The van der Waals surface area contributed by atoms with Gasteiger partial charge in [0.2, 0.25) is 0 Å². The highest BCUT2D eigenvalue weighted by molar-refractivity contribution is 5.41. The van der Waals surface area contributed by atoms with Crippen LogP contribution in [0.3, 0.4) is 0 Å². The lowest BCUT2D eigenvalue weighted by molar-refractivity contribution is 0.402. The van der Waals surface area contributed by atoms with Gasteiger partial charge in [0, 0.05) is 6.20 Å². The Hall–Kier alpha value is -2.01. The molecule has 1 unspecified atom stereocenters. The van der Waals surface area contributed by atoms with Gasteiger partial charge in [-0.05, 0) is 23.8 Å². The van der Waals surface area contributed by atoms with E-state index >= 15 is 0 Å². The molecule has 1 heterocycles. The molecule has 2 rings (SSSR count). The van der Waals surface area contributed by atoms with E-state index in [1.54, 1.807) is 6.07 Å². The maximum absolute atomic E-state index is 13.8. The van der Waals surface area contributed by atoms with Crippen LogP contribution in [0.4, 0.5) is 8.78 Å². The van der Waals surface area contributed by atoms with Crippen molar-refractivity contribution in [2.45, 2.75) is 6.04 Å². The lowest BCUT2D eigenvalue weighted by Crippen LogP contribution is -2.15. The first kappa shape index (κ1) is 12.4. The van der Waals surface area contributed by atoms with Gasteiger partial charge in [0.1, 0.15) is 17.4 Å². The highest BCUT2D eigenvalue weighted by atomic mass is 19.1. The Kier molecular flexibility index (Phi) is 3.53. The molecule has 0 aliphatic carbocycles. The second-order valence-corrected chi connectivity index (χ2v) is 3.77. The van der Waals surface area contributed by atoms with E-state index in [1.165, 1.54) is 31.5 Å². The monoisotopic (exact) mass is 250 g/mol. The molecule has 0 aliphatic rings. The molecule has 0 spiro atoms. The van der Waals surface area contributed by atoms with Crippen molar-refractivity contribution in [3.8, 4) is 5.75 Å². The summed E-state index contributed by atoms with van der Waals surface area (Å²) in [7, 11) is 1.43. The fourth-order valence-corrected chi connectivity index (χ4v) is 1.76. The summed E-state index contributed by atoms with van der Waals surface area (Å²) >= 11 is 0. The number of ether oxygens (including phenoxy) is 1. The van der Waals surface area contributed by atoms with Crippen molar-refractivity contribution >= 4 is 0 Å². The number of methoxy groups -OCH3 is 1. The molecule has 1 aromatic carbocycles. The highest BCUT2D eigenvalue weighted by Gasteiger charge is 2.19. The molecule has 2 N–H and O–H groups in total. The van der Waals surface area contributed by atoms with Gasteiger partial charge in [-0.25, -0.2) is 8.78 Å². The SMILES string of the molecule is COc1cccc(F)c1C(N)c1cncc(F)c1. The zero-order valence-corrected chi connectivity index (χ0v) is 9.73. The molecule has 2 aromatic rings. The van der Waals surface area contributed by atoms with E-state index in [9.17, 15) is 8.78 Å². The molecule has 0 bridgehead atoms. The Morgan fingerprint density at radius 2 is 2.06 bits per heavy atom. The number of hydrogen-bond acceptors (Lipinski definition) is 3. The molecule has 18 heavy (non-hydrogen) atoms. The van der Waals surface area contributed by atoms with Gasteiger partial charge in [-0.1, -0.05) is 6.07 Å². The number of benzene rings is 1. The zero-order valence-electron chi connectivity index (χ0n) is 9.73. The Labute approximate surface area is 103 Å². The third-order valence-electron chi connectivity index (χ3n) is 2.63. The van der Waals surface area contributed by atoms with Crippen molar-refractivity contribution < 1.29 is 13.5 Å². The van der Waals surface area contributed by atoms with Gasteiger partial charge in [-0.15, -0.1) is 0 Å². The maximum Gasteiger partial charge on any atom is 0.141 e. The average Bonchev–Trinajstić information content (AvgIpc) is 2.37. The number of nitrogens with zero attached hydrogens (tertiary/aromatic N) is 1. The second-order valence-electron chi connectivity index (χ2n) is 3.77. The van der Waals surface area contributed by atoms with Crippen LogP contribution in [0.1, 0.15) is 17.2 Å². The third kappa shape index (κ3) is 2.31. The molecule has 0 amide bonds. The first-order chi connectivity index (χ1) is 8.63. The van der Waals surface area contributed by atoms with Crippen LogP contribution in [0.5, 0.6) is 5.75 Å². The topological polar surface area (TPSA) is 48.1 Å². The van der Waals surface area contributed by atoms with Crippen molar-refractivity contribution in [2.24, 2.45) is 5.73 Å². The molecule has 0 saturated heterocycles. The van der Waals surface area contributed by atoms with Crippen LogP contribution in [-0.2, 0) is 0 Å². The van der Waals surface area contributed by atoms with Gasteiger partial charge < -0.3 is 10.5 Å². The van der Waals surface area contributed by atoms with Crippen LogP contribution in [0.2, 0.25) is 0 Å². The van der Waals surface area contributed by atoms with E-state index in [0.717, 1.165) is 6.20 Å². The Bertz CT molecular complexity index is 560. The Balaban J connectivity index is 2.48. The predicted octanol–water partition coefficient (Wildman–Crippen LogP) is 2.42. The smallest absolute Gasteiger partial charge is 0.141 e. The average molecular weight is 250 g/mol. The van der Waals surface area contributed by atoms with Gasteiger partial charge in [0.05, 0.1) is 24.9 Å². The molecule has 0 aliphatic heterocycles. The molecule has 1 aromatic heterocycles. The van der Waals surface area contributed by atoms with Gasteiger partial charge in [-0.2, -0.15) is 0 Å². The van der Waals surface area contributed by atoms with E-state index in [0.29, 0.717) is 11.3 Å². The molecule has 1 atom stereocenters. The minimum absolute atomic E-state index is 0.187. The number of aromatic nitrogens is 1. The largest absolute Gasteiger partial charge is 0.496 e. The molecule has 5 heteroatoms. The summed E-state index contributed by atoms with van der Waals surface area (Å²) in [5.41, 5.74) is 6.51. The molecule has 0 saturated carbocycles. The van der Waals surface area contributed by atoms with E-state index in [2.05, 4.69) is 4.98 Å². The minimum atomic E-state index is -0.829. The summed E-state index contributed by atoms with van der Waals surface area (Å²) in [5.74, 6) is -0.684. The lowest BCUT2D eigenvalue weighted by atomic mass is 9.99. The maximum atomic E-state index is 13.8. The fraction of sp³-hybridized carbons (Fsp3) is 0.154. The van der Waals surface area contributed by atoms with Crippen LogP contribution >= 0.6 is 0 Å². The number of hydrogen-bond donors (Lipinski definition) is 1. The van der Waals surface area contributed by atoms with E-state index in [4.69, 9.17) is 10.5 Å². The molecular weight excluding hydrogens is 238 g/mol. The quantitative estimate of drug-likeness (QED) is 0.910. The van der Waals surface area contributed by atoms with Gasteiger partial charge >= 0.3 is 0 Å². The fourth-order valence-electron chi connectivity index (χ4n) is 1.76. The summed E-state index contributed by atoms with van der Waals surface area (Å²) in [5, 5.41) is 0. The number of halogens is 2. The van der Waals surface area contributed by atoms with E-state index in [1.807, 2.05) is 0 Å². The number of rotatable bonds is 3. The molecule has 94 valence electrons. The van der Waals surface area contributed by atoms with Crippen LogP contribution in [0, 0.1) is 11.6 Å². The first-order valence-corrected chi connectivity index (χ1v) is 5.32. The van der Waals surface area contributed by atoms with E-state index in [-0.39, 0.29) is 5.56 Å². The van der Waals surface area contributed by atoms with Gasteiger partial charge in [0.25, 0.3) is 0 Å². The van der Waals surface area contributed by atoms with Crippen molar-refractivity contribution in [3.63, 3.8) is 0 Å². The lowest BCUT2D eigenvalue weighted by Gasteiger charge is -2.16. The van der Waals surface area contributed by atoms with Crippen molar-refractivity contribution in [3.05, 3.63) is 59.4 Å². The Morgan fingerprint density at radius 1 is 1.28 bits per heavy atom. The minimum Gasteiger partial charge on any atom is -0.496 e. The Morgan fingerprint density at radius 3 is 2.72 bits per heavy atom. The molecule has 0 fully saturated rings. The van der Waals surface area contributed by atoms with Crippen molar-refractivity contribution in [2.75, 3.05) is 7.11 Å². The summed E-state index contributed by atoms with van der Waals surface area (Å²) < 4.78 is 31.9. The molecular formula is C13H12F2N2O. The standard InChI is InChI=1S/C13H12F2N2O/c1-18-11-4-2-3-10(15)12(11)13(16)8-5-9(14)7-17-6-8/h2-7,13H,16H2,1H3. The summed E-state index contributed by atoms with van der Waals surface area (Å²) in [4.78, 5) is 3.70. The van der Waals surface area contributed by atoms with Crippen LogP contribution in [-0.4, -0.2) is 12.1 Å². The number of nitrogens with two attached hydrogens (primary N) is 1. The summed E-state index contributed by atoms with van der Waals surface area (Å²) in [6, 6.07) is 4.80. The van der Waals surface area contributed by atoms with Crippen LogP contribution in [0.25, 0.3) is 0 Å². The zero-order chi connectivity index (χ0) is 13.1. The number of pyridine rings is 1. The second kappa shape index (κ2) is 5.10. The summed E-state index contributed by atoms with van der Waals surface area (Å²) in [6.07, 6.45) is 2.47. The molecule has 3 nitrogen and oxygen atoms in total. The van der Waals surface area contributed by atoms with Crippen molar-refractivity contribution in [1.29, 1.82) is 0 Å². The highest BCUT2D eigenvalue weighted by Crippen LogP contribution is 2.30.